The summed E-state index contributed by atoms with van der Waals surface area (Å²) >= 11 is 1.15. The molecule has 0 spiro atoms. The summed E-state index contributed by atoms with van der Waals surface area (Å²) < 4.78 is 0. The second-order valence-electron chi connectivity index (χ2n) is 5.02. The molecule has 0 unspecified atom stereocenters. The maximum absolute atomic E-state index is 11.5. The fourth-order valence-electron chi connectivity index (χ4n) is 2.18. The normalized spacial score (nSPS) is 10.5. The van der Waals surface area contributed by atoms with Crippen molar-refractivity contribution in [3.05, 3.63) is 50.4 Å². The Morgan fingerprint density at radius 1 is 1.19 bits per heavy atom. The molecule has 0 fully saturated rings. The van der Waals surface area contributed by atoms with Crippen LogP contribution in [0.2, 0.25) is 0 Å². The van der Waals surface area contributed by atoms with Crippen molar-refractivity contribution >= 4 is 33.5 Å². The first kappa shape index (κ1) is 15.2. The Bertz CT molecular complexity index is 701. The van der Waals surface area contributed by atoms with E-state index >= 15 is 0 Å². The van der Waals surface area contributed by atoms with E-state index in [1.54, 1.807) is 11.9 Å². The number of carbonyl (C=O) groups is 1. The minimum absolute atomic E-state index is 0.0353. The molecule has 0 bridgehead atoms. The molecule has 6 heteroatoms. The molecule has 0 aliphatic rings. The minimum atomic E-state index is -0.447. The van der Waals surface area contributed by atoms with E-state index in [1.807, 2.05) is 32.0 Å². The van der Waals surface area contributed by atoms with Gasteiger partial charge in [0.2, 0.25) is 0 Å². The number of nitro groups is 1. The molecule has 110 valence electrons. The monoisotopic (exact) mass is 304 g/mol. The largest absolute Gasteiger partial charge is 0.331 e. The number of hydrogen-bond acceptors (Lipinski definition) is 5. The van der Waals surface area contributed by atoms with Crippen molar-refractivity contribution in [3.8, 4) is 0 Å². The van der Waals surface area contributed by atoms with Crippen LogP contribution in [0.25, 0.3) is 0 Å². The lowest BCUT2D eigenvalue weighted by atomic mass is 10.1. The number of thiophene rings is 1. The summed E-state index contributed by atoms with van der Waals surface area (Å²) in [6.07, 6.45) is 0. The van der Waals surface area contributed by atoms with E-state index in [1.165, 1.54) is 13.0 Å². The zero-order chi connectivity index (χ0) is 15.7. The zero-order valence-corrected chi connectivity index (χ0v) is 13.2. The zero-order valence-electron chi connectivity index (χ0n) is 12.3. The third-order valence-electron chi connectivity index (χ3n) is 3.14. The average Bonchev–Trinajstić information content (AvgIpc) is 2.81. The number of benzene rings is 1. The van der Waals surface area contributed by atoms with Gasteiger partial charge in [0, 0.05) is 18.8 Å². The van der Waals surface area contributed by atoms with Crippen LogP contribution in [-0.2, 0) is 0 Å². The van der Waals surface area contributed by atoms with Gasteiger partial charge in [-0.3, -0.25) is 14.9 Å². The standard InChI is InChI=1S/C15H16N2O3S/c1-9-5-10(2)7-12(6-9)16(4)15-13(17(19)20)8-14(21-15)11(3)18/h5-8H,1-4H3. The van der Waals surface area contributed by atoms with Gasteiger partial charge in [0.05, 0.1) is 9.80 Å². The van der Waals surface area contributed by atoms with Crippen molar-refractivity contribution in [2.24, 2.45) is 0 Å². The summed E-state index contributed by atoms with van der Waals surface area (Å²) in [7, 11) is 1.77. The van der Waals surface area contributed by atoms with E-state index in [4.69, 9.17) is 0 Å². The van der Waals surface area contributed by atoms with Crippen LogP contribution in [0.3, 0.4) is 0 Å². The van der Waals surface area contributed by atoms with Gasteiger partial charge < -0.3 is 4.90 Å². The van der Waals surface area contributed by atoms with Gasteiger partial charge in [-0.2, -0.15) is 0 Å². The van der Waals surface area contributed by atoms with E-state index in [0.29, 0.717) is 9.88 Å². The van der Waals surface area contributed by atoms with Crippen LogP contribution in [0.5, 0.6) is 0 Å². The summed E-state index contributed by atoms with van der Waals surface area (Å²) in [5, 5.41) is 11.7. The Morgan fingerprint density at radius 2 is 1.76 bits per heavy atom. The lowest BCUT2D eigenvalue weighted by Crippen LogP contribution is -2.09. The first-order valence-corrected chi connectivity index (χ1v) is 7.22. The van der Waals surface area contributed by atoms with Crippen molar-refractivity contribution in [1.82, 2.24) is 0 Å². The molecule has 0 radical (unpaired) electrons. The molecule has 0 aliphatic carbocycles. The van der Waals surface area contributed by atoms with Gasteiger partial charge in [-0.15, -0.1) is 11.3 Å². The maximum atomic E-state index is 11.5. The number of carbonyl (C=O) groups excluding carboxylic acids is 1. The van der Waals surface area contributed by atoms with Crippen LogP contribution in [0, 0.1) is 24.0 Å². The molecule has 1 aromatic heterocycles. The second kappa shape index (κ2) is 5.65. The smallest absolute Gasteiger partial charge is 0.304 e. The second-order valence-corrected chi connectivity index (χ2v) is 6.05. The van der Waals surface area contributed by atoms with Crippen molar-refractivity contribution < 1.29 is 9.72 Å². The molecule has 0 saturated heterocycles. The van der Waals surface area contributed by atoms with Crippen LogP contribution in [0.4, 0.5) is 16.4 Å². The Balaban J connectivity index is 2.53. The summed E-state index contributed by atoms with van der Waals surface area (Å²) in [5.74, 6) is -0.164. The fraction of sp³-hybridized carbons (Fsp3) is 0.267. The molecule has 1 aromatic carbocycles. The molecular weight excluding hydrogens is 288 g/mol. The molecule has 21 heavy (non-hydrogen) atoms. The van der Waals surface area contributed by atoms with E-state index in [2.05, 4.69) is 0 Å². The van der Waals surface area contributed by atoms with Gasteiger partial charge in [-0.25, -0.2) is 0 Å². The van der Waals surface area contributed by atoms with E-state index in [9.17, 15) is 14.9 Å². The molecule has 0 amide bonds. The minimum Gasteiger partial charge on any atom is -0.331 e. The molecule has 2 rings (SSSR count). The van der Waals surface area contributed by atoms with Gasteiger partial charge in [0.15, 0.2) is 10.8 Å². The number of ketones is 1. The molecule has 0 aliphatic heterocycles. The van der Waals surface area contributed by atoms with Crippen LogP contribution in [0.15, 0.2) is 24.3 Å². The molecular formula is C15H16N2O3S. The van der Waals surface area contributed by atoms with Gasteiger partial charge in [0.1, 0.15) is 0 Å². The van der Waals surface area contributed by atoms with Crippen LogP contribution in [0.1, 0.15) is 27.7 Å². The van der Waals surface area contributed by atoms with E-state index in [-0.39, 0.29) is 11.5 Å². The van der Waals surface area contributed by atoms with E-state index in [0.717, 1.165) is 28.2 Å². The fourth-order valence-corrected chi connectivity index (χ4v) is 3.18. The first-order chi connectivity index (χ1) is 9.79. The van der Waals surface area contributed by atoms with Crippen molar-refractivity contribution in [2.45, 2.75) is 20.8 Å². The number of anilines is 2. The third-order valence-corrected chi connectivity index (χ3v) is 4.44. The molecule has 1 heterocycles. The summed E-state index contributed by atoms with van der Waals surface area (Å²) in [4.78, 5) is 24.4. The highest BCUT2D eigenvalue weighted by molar-refractivity contribution is 7.18. The number of hydrogen-bond donors (Lipinski definition) is 0. The SMILES string of the molecule is CC(=O)c1cc([N+](=O)[O-])c(N(C)c2cc(C)cc(C)c2)s1. The Hall–Kier alpha value is -2.21. The molecule has 0 N–H and O–H groups in total. The molecule has 0 saturated carbocycles. The Kier molecular flexibility index (Phi) is 4.09. The quantitative estimate of drug-likeness (QED) is 0.481. The average molecular weight is 304 g/mol. The maximum Gasteiger partial charge on any atom is 0.304 e. The molecule has 2 aromatic rings. The summed E-state index contributed by atoms with van der Waals surface area (Å²) in [6, 6.07) is 7.32. The highest BCUT2D eigenvalue weighted by atomic mass is 32.1. The van der Waals surface area contributed by atoms with Crippen LogP contribution >= 0.6 is 11.3 Å². The molecule has 5 nitrogen and oxygen atoms in total. The van der Waals surface area contributed by atoms with Crippen LogP contribution in [-0.4, -0.2) is 17.8 Å². The van der Waals surface area contributed by atoms with Gasteiger partial charge in [0.25, 0.3) is 0 Å². The number of nitrogens with zero attached hydrogens (tertiary/aromatic N) is 2. The number of aryl methyl sites for hydroxylation is 2. The van der Waals surface area contributed by atoms with Crippen molar-refractivity contribution in [3.63, 3.8) is 0 Å². The lowest BCUT2D eigenvalue weighted by molar-refractivity contribution is -0.383. The first-order valence-electron chi connectivity index (χ1n) is 6.40. The predicted molar refractivity (Wildman–Crippen MR) is 85.0 cm³/mol. The highest BCUT2D eigenvalue weighted by Crippen LogP contribution is 2.40. The van der Waals surface area contributed by atoms with Crippen LogP contribution < -0.4 is 4.90 Å². The third kappa shape index (κ3) is 3.11. The van der Waals surface area contributed by atoms with Gasteiger partial charge >= 0.3 is 5.69 Å². The number of Topliss-reactive ketones (excluding diaryl/α,β-unsaturated/α-hetero) is 1. The highest BCUT2D eigenvalue weighted by Gasteiger charge is 2.24. The van der Waals surface area contributed by atoms with Crippen molar-refractivity contribution in [1.29, 1.82) is 0 Å². The summed E-state index contributed by atoms with van der Waals surface area (Å²) in [6.45, 7) is 5.37. The van der Waals surface area contributed by atoms with Gasteiger partial charge in [-0.1, -0.05) is 6.07 Å². The molecule has 0 atom stereocenters. The number of rotatable bonds is 4. The predicted octanol–water partition coefficient (Wildman–Crippen LogP) is 4.24. The lowest BCUT2D eigenvalue weighted by Gasteiger charge is -2.18. The Morgan fingerprint density at radius 3 is 2.24 bits per heavy atom. The van der Waals surface area contributed by atoms with E-state index < -0.39 is 4.92 Å². The van der Waals surface area contributed by atoms with Crippen molar-refractivity contribution in [2.75, 3.05) is 11.9 Å². The Labute approximate surface area is 127 Å². The van der Waals surface area contributed by atoms with Gasteiger partial charge in [-0.05, 0) is 44.0 Å². The summed E-state index contributed by atoms with van der Waals surface area (Å²) in [5.41, 5.74) is 3.00. The topological polar surface area (TPSA) is 63.4 Å².